The molecule has 1 fully saturated rings. The van der Waals surface area contributed by atoms with E-state index in [1.54, 1.807) is 13.1 Å². The van der Waals surface area contributed by atoms with Gasteiger partial charge < -0.3 is 4.90 Å². The lowest BCUT2D eigenvalue weighted by Gasteiger charge is -2.31. The van der Waals surface area contributed by atoms with E-state index in [1.807, 2.05) is 30.1 Å². The Labute approximate surface area is 146 Å². The molecule has 5 nitrogen and oxygen atoms in total. The number of fused-ring (bicyclic) bond motifs is 1. The standard InChI is InChI=1S/C18H23N3O2S/c1-20(13-8-4-3-5-9-13)16(22)12-24-18-19-15-11-7-6-10-14(15)17(23)21(18)2/h6-7,10-11,13H,3-5,8-9,12H2,1-2H3. The fraction of sp³-hybridized carbons (Fsp3) is 0.500. The lowest BCUT2D eigenvalue weighted by atomic mass is 9.94. The first kappa shape index (κ1) is 17.0. The Balaban J connectivity index is 1.72. The van der Waals surface area contributed by atoms with Gasteiger partial charge >= 0.3 is 0 Å². The molecule has 1 saturated carbocycles. The van der Waals surface area contributed by atoms with Gasteiger partial charge in [-0.25, -0.2) is 4.98 Å². The van der Waals surface area contributed by atoms with E-state index < -0.39 is 0 Å². The molecule has 1 aromatic carbocycles. The third-order valence-electron chi connectivity index (χ3n) is 4.78. The van der Waals surface area contributed by atoms with Crippen LogP contribution in [0.1, 0.15) is 32.1 Å². The number of nitrogens with zero attached hydrogens (tertiary/aromatic N) is 3. The van der Waals surface area contributed by atoms with E-state index in [4.69, 9.17) is 0 Å². The van der Waals surface area contributed by atoms with Gasteiger partial charge in [0.05, 0.1) is 16.7 Å². The molecule has 1 aliphatic carbocycles. The molecule has 0 saturated heterocycles. The predicted octanol–water partition coefficient (Wildman–Crippen LogP) is 2.82. The van der Waals surface area contributed by atoms with Gasteiger partial charge in [-0.2, -0.15) is 0 Å². The molecule has 0 spiro atoms. The maximum atomic E-state index is 12.5. The fourth-order valence-electron chi connectivity index (χ4n) is 3.23. The minimum Gasteiger partial charge on any atom is -0.342 e. The summed E-state index contributed by atoms with van der Waals surface area (Å²) in [5.41, 5.74) is 0.604. The topological polar surface area (TPSA) is 55.2 Å². The number of rotatable bonds is 4. The summed E-state index contributed by atoms with van der Waals surface area (Å²) in [6, 6.07) is 7.67. The molecule has 0 aliphatic heterocycles. The minimum atomic E-state index is -0.0730. The fourth-order valence-corrected chi connectivity index (χ4v) is 4.12. The van der Waals surface area contributed by atoms with Crippen molar-refractivity contribution in [3.05, 3.63) is 34.6 Å². The first-order valence-corrected chi connectivity index (χ1v) is 9.40. The molecule has 0 radical (unpaired) electrons. The molecule has 24 heavy (non-hydrogen) atoms. The summed E-state index contributed by atoms with van der Waals surface area (Å²) in [6.45, 7) is 0. The second-order valence-corrected chi connectivity index (χ2v) is 7.30. The summed E-state index contributed by atoms with van der Waals surface area (Å²) in [4.78, 5) is 31.3. The van der Waals surface area contributed by atoms with Crippen LogP contribution in [0.25, 0.3) is 10.9 Å². The molecule has 128 valence electrons. The highest BCUT2D eigenvalue weighted by atomic mass is 32.2. The normalized spacial score (nSPS) is 15.6. The summed E-state index contributed by atoms with van der Waals surface area (Å²) in [7, 11) is 3.60. The Morgan fingerprint density at radius 2 is 2.00 bits per heavy atom. The number of para-hydroxylation sites is 1. The van der Waals surface area contributed by atoms with E-state index in [-0.39, 0.29) is 11.5 Å². The van der Waals surface area contributed by atoms with Crippen molar-refractivity contribution in [2.24, 2.45) is 7.05 Å². The maximum absolute atomic E-state index is 12.5. The summed E-state index contributed by atoms with van der Waals surface area (Å²) in [6.07, 6.45) is 5.88. The molecule has 1 heterocycles. The van der Waals surface area contributed by atoms with Crippen LogP contribution >= 0.6 is 11.8 Å². The Kier molecular flexibility index (Phi) is 5.23. The number of thioether (sulfide) groups is 1. The van der Waals surface area contributed by atoms with Gasteiger partial charge in [0.1, 0.15) is 0 Å². The van der Waals surface area contributed by atoms with Gasteiger partial charge in [0.25, 0.3) is 5.56 Å². The zero-order chi connectivity index (χ0) is 17.1. The van der Waals surface area contributed by atoms with E-state index >= 15 is 0 Å². The van der Waals surface area contributed by atoms with Gasteiger partial charge in [-0.15, -0.1) is 0 Å². The first-order valence-electron chi connectivity index (χ1n) is 8.42. The summed E-state index contributed by atoms with van der Waals surface area (Å²) < 4.78 is 1.53. The monoisotopic (exact) mass is 345 g/mol. The lowest BCUT2D eigenvalue weighted by Crippen LogP contribution is -2.39. The van der Waals surface area contributed by atoms with Crippen molar-refractivity contribution in [1.82, 2.24) is 14.5 Å². The van der Waals surface area contributed by atoms with E-state index in [9.17, 15) is 9.59 Å². The average Bonchev–Trinajstić information content (AvgIpc) is 2.63. The van der Waals surface area contributed by atoms with Crippen molar-refractivity contribution in [2.75, 3.05) is 12.8 Å². The molecule has 3 rings (SSSR count). The maximum Gasteiger partial charge on any atom is 0.261 e. The number of hydrogen-bond donors (Lipinski definition) is 0. The van der Waals surface area contributed by atoms with E-state index in [2.05, 4.69) is 4.98 Å². The van der Waals surface area contributed by atoms with Crippen LogP contribution in [0.15, 0.2) is 34.2 Å². The Morgan fingerprint density at radius 3 is 2.75 bits per heavy atom. The second kappa shape index (κ2) is 7.38. The minimum absolute atomic E-state index is 0.0730. The van der Waals surface area contributed by atoms with E-state index in [0.717, 1.165) is 12.8 Å². The van der Waals surface area contributed by atoms with Gasteiger partial charge in [0.15, 0.2) is 5.16 Å². The highest BCUT2D eigenvalue weighted by molar-refractivity contribution is 7.99. The van der Waals surface area contributed by atoms with Gasteiger partial charge in [-0.05, 0) is 25.0 Å². The Morgan fingerprint density at radius 1 is 1.29 bits per heavy atom. The molecule has 1 aliphatic rings. The smallest absolute Gasteiger partial charge is 0.261 e. The third kappa shape index (κ3) is 3.48. The molecule has 1 amide bonds. The average molecular weight is 345 g/mol. The van der Waals surface area contributed by atoms with Crippen LogP contribution in [-0.2, 0) is 11.8 Å². The van der Waals surface area contributed by atoms with Crippen LogP contribution in [0.4, 0.5) is 0 Å². The van der Waals surface area contributed by atoms with Crippen LogP contribution in [0.5, 0.6) is 0 Å². The van der Waals surface area contributed by atoms with Gasteiger partial charge in [-0.3, -0.25) is 14.2 Å². The number of hydrogen-bond acceptors (Lipinski definition) is 4. The van der Waals surface area contributed by atoms with E-state index in [0.29, 0.717) is 27.9 Å². The van der Waals surface area contributed by atoms with Crippen LogP contribution in [0.2, 0.25) is 0 Å². The molecular weight excluding hydrogens is 322 g/mol. The number of carbonyl (C=O) groups excluding carboxylic acids is 1. The van der Waals surface area contributed by atoms with Crippen LogP contribution in [0.3, 0.4) is 0 Å². The van der Waals surface area contributed by atoms with Crippen molar-refractivity contribution in [2.45, 2.75) is 43.3 Å². The summed E-state index contributed by atoms with van der Waals surface area (Å²) >= 11 is 1.34. The van der Waals surface area contributed by atoms with Crippen LogP contribution in [-0.4, -0.2) is 39.2 Å². The van der Waals surface area contributed by atoms with Gasteiger partial charge in [0, 0.05) is 20.1 Å². The molecule has 1 aromatic heterocycles. The predicted molar refractivity (Wildman–Crippen MR) is 97.4 cm³/mol. The molecule has 0 N–H and O–H groups in total. The highest BCUT2D eigenvalue weighted by Crippen LogP contribution is 2.23. The molecule has 2 aromatic rings. The largest absolute Gasteiger partial charge is 0.342 e. The molecule has 0 atom stereocenters. The third-order valence-corrected chi connectivity index (χ3v) is 5.80. The molecule has 0 unspecified atom stereocenters. The Bertz CT molecular complexity index is 796. The van der Waals surface area contributed by atoms with Crippen molar-refractivity contribution in [1.29, 1.82) is 0 Å². The van der Waals surface area contributed by atoms with Crippen molar-refractivity contribution < 1.29 is 4.79 Å². The van der Waals surface area contributed by atoms with Gasteiger partial charge in [-0.1, -0.05) is 43.2 Å². The molecule has 0 bridgehead atoms. The SMILES string of the molecule is CN(C(=O)CSc1nc2ccccc2c(=O)n1C)C1CCCCC1. The summed E-state index contributed by atoms with van der Waals surface area (Å²) in [5, 5.41) is 1.19. The number of benzene rings is 1. The number of aromatic nitrogens is 2. The van der Waals surface area contributed by atoms with Crippen molar-refractivity contribution >= 4 is 28.6 Å². The van der Waals surface area contributed by atoms with Gasteiger partial charge in [0.2, 0.25) is 5.91 Å². The molecular formula is C18H23N3O2S. The Hall–Kier alpha value is -1.82. The van der Waals surface area contributed by atoms with Crippen molar-refractivity contribution in [3.63, 3.8) is 0 Å². The zero-order valence-electron chi connectivity index (χ0n) is 14.2. The van der Waals surface area contributed by atoms with Crippen molar-refractivity contribution in [3.8, 4) is 0 Å². The second-order valence-electron chi connectivity index (χ2n) is 6.36. The quantitative estimate of drug-likeness (QED) is 0.632. The van der Waals surface area contributed by atoms with Crippen LogP contribution in [0, 0.1) is 0 Å². The lowest BCUT2D eigenvalue weighted by molar-refractivity contribution is -0.129. The highest BCUT2D eigenvalue weighted by Gasteiger charge is 2.22. The number of carbonyl (C=O) groups is 1. The number of amides is 1. The zero-order valence-corrected chi connectivity index (χ0v) is 15.0. The summed E-state index contributed by atoms with van der Waals surface area (Å²) in [5.74, 6) is 0.417. The molecule has 6 heteroatoms. The van der Waals surface area contributed by atoms with E-state index in [1.165, 1.54) is 35.6 Å². The van der Waals surface area contributed by atoms with Crippen LogP contribution < -0.4 is 5.56 Å². The first-order chi connectivity index (χ1) is 11.6.